The van der Waals surface area contributed by atoms with Gasteiger partial charge in [-0.1, -0.05) is 54.1 Å². The van der Waals surface area contributed by atoms with Crippen molar-refractivity contribution in [3.05, 3.63) is 99.6 Å². The first-order chi connectivity index (χ1) is 15.2. The van der Waals surface area contributed by atoms with Crippen molar-refractivity contribution in [3.8, 4) is 0 Å². The van der Waals surface area contributed by atoms with E-state index in [-0.39, 0.29) is 22.8 Å². The number of anilines is 1. The molecule has 0 aliphatic rings. The van der Waals surface area contributed by atoms with Gasteiger partial charge in [0, 0.05) is 12.6 Å². The zero-order chi connectivity index (χ0) is 23.3. The van der Waals surface area contributed by atoms with Gasteiger partial charge in [-0.3, -0.25) is 14.9 Å². The summed E-state index contributed by atoms with van der Waals surface area (Å²) in [5, 5.41) is 13.8. The Kier molecular flexibility index (Phi) is 7.01. The first kappa shape index (κ1) is 23.1. The fourth-order valence-electron chi connectivity index (χ4n) is 3.18. The van der Waals surface area contributed by atoms with Gasteiger partial charge < -0.3 is 5.32 Å². The van der Waals surface area contributed by atoms with Crippen LogP contribution >= 0.6 is 0 Å². The van der Waals surface area contributed by atoms with Crippen molar-refractivity contribution in [2.24, 2.45) is 0 Å². The van der Waals surface area contributed by atoms with Crippen LogP contribution < -0.4 is 5.32 Å². The number of rotatable bonds is 8. The smallest absolute Gasteiger partial charge is 0.274 e. The average Bonchev–Trinajstić information content (AvgIpc) is 2.75. The molecule has 0 saturated carbocycles. The van der Waals surface area contributed by atoms with E-state index in [1.54, 1.807) is 36.4 Å². The Balaban J connectivity index is 1.89. The van der Waals surface area contributed by atoms with Crippen LogP contribution in [0.3, 0.4) is 0 Å². The molecule has 0 unspecified atom stereocenters. The normalized spacial score (nSPS) is 11.3. The van der Waals surface area contributed by atoms with E-state index in [4.69, 9.17) is 0 Å². The number of nitrogens with zero attached hydrogens (tertiary/aromatic N) is 2. The summed E-state index contributed by atoms with van der Waals surface area (Å²) < 4.78 is 27.7. The van der Waals surface area contributed by atoms with Gasteiger partial charge in [0.25, 0.3) is 5.69 Å². The third-order valence-corrected chi connectivity index (χ3v) is 6.76. The van der Waals surface area contributed by atoms with Crippen molar-refractivity contribution in [2.75, 3.05) is 11.9 Å². The number of carbonyl (C=O) groups excluding carboxylic acids is 1. The molecule has 0 fully saturated rings. The van der Waals surface area contributed by atoms with Gasteiger partial charge in [0.15, 0.2) is 0 Å². The maximum atomic E-state index is 13.3. The van der Waals surface area contributed by atoms with Crippen LogP contribution in [-0.2, 0) is 21.4 Å². The van der Waals surface area contributed by atoms with E-state index in [1.165, 1.54) is 37.3 Å². The molecule has 0 aromatic heterocycles. The Morgan fingerprint density at radius 2 is 1.62 bits per heavy atom. The minimum Gasteiger partial charge on any atom is -0.324 e. The number of aryl methyl sites for hydroxylation is 1. The van der Waals surface area contributed by atoms with Gasteiger partial charge in [-0.15, -0.1) is 0 Å². The Morgan fingerprint density at radius 1 is 0.969 bits per heavy atom. The number of nitro groups is 1. The van der Waals surface area contributed by atoms with Crippen LogP contribution in [0.1, 0.15) is 16.7 Å². The number of hydrogen-bond acceptors (Lipinski definition) is 5. The molecular formula is C23H23N3O5S. The van der Waals surface area contributed by atoms with E-state index in [0.717, 1.165) is 15.4 Å². The van der Waals surface area contributed by atoms with Gasteiger partial charge in [0.1, 0.15) is 0 Å². The van der Waals surface area contributed by atoms with E-state index in [0.29, 0.717) is 5.56 Å². The molecule has 166 valence electrons. The second-order valence-corrected chi connectivity index (χ2v) is 9.26. The van der Waals surface area contributed by atoms with Crippen molar-refractivity contribution in [1.82, 2.24) is 4.31 Å². The SMILES string of the molecule is Cc1ccc(S(=O)(=O)N(CC(=O)Nc2cccc([N+](=O)[O-])c2C)Cc2ccccc2)cc1. The minimum atomic E-state index is -3.97. The lowest BCUT2D eigenvalue weighted by molar-refractivity contribution is -0.385. The highest BCUT2D eigenvalue weighted by Gasteiger charge is 2.27. The summed E-state index contributed by atoms with van der Waals surface area (Å²) in [4.78, 5) is 23.5. The molecule has 0 bridgehead atoms. The van der Waals surface area contributed by atoms with Crippen molar-refractivity contribution in [1.29, 1.82) is 0 Å². The number of nitro benzene ring substituents is 1. The lowest BCUT2D eigenvalue weighted by Crippen LogP contribution is -2.37. The largest absolute Gasteiger partial charge is 0.324 e. The number of carbonyl (C=O) groups is 1. The zero-order valence-corrected chi connectivity index (χ0v) is 18.5. The second kappa shape index (κ2) is 9.71. The third-order valence-electron chi connectivity index (χ3n) is 4.96. The predicted octanol–water partition coefficient (Wildman–Crippen LogP) is 4.04. The monoisotopic (exact) mass is 453 g/mol. The molecule has 0 saturated heterocycles. The molecule has 0 heterocycles. The fourth-order valence-corrected chi connectivity index (χ4v) is 4.56. The molecule has 3 aromatic carbocycles. The number of amides is 1. The van der Waals surface area contributed by atoms with E-state index in [9.17, 15) is 23.3 Å². The highest BCUT2D eigenvalue weighted by atomic mass is 32.2. The molecule has 1 amide bonds. The van der Waals surface area contributed by atoms with Gasteiger partial charge in [-0.2, -0.15) is 4.31 Å². The van der Waals surface area contributed by atoms with Crippen molar-refractivity contribution in [3.63, 3.8) is 0 Å². The standard InChI is InChI=1S/C23H23N3O5S/c1-17-11-13-20(14-12-17)32(30,31)25(15-19-7-4-3-5-8-19)16-23(27)24-21-9-6-10-22(18(21)2)26(28)29/h3-14H,15-16H2,1-2H3,(H,24,27). The second-order valence-electron chi connectivity index (χ2n) is 7.33. The summed E-state index contributed by atoms with van der Waals surface area (Å²) in [6.07, 6.45) is 0. The maximum Gasteiger partial charge on any atom is 0.274 e. The molecule has 0 aliphatic heterocycles. The zero-order valence-electron chi connectivity index (χ0n) is 17.7. The van der Waals surface area contributed by atoms with Crippen LogP contribution in [0.15, 0.2) is 77.7 Å². The molecule has 3 rings (SSSR count). The summed E-state index contributed by atoms with van der Waals surface area (Å²) in [5.74, 6) is -0.597. The lowest BCUT2D eigenvalue weighted by atomic mass is 10.1. The van der Waals surface area contributed by atoms with Crippen LogP contribution in [0, 0.1) is 24.0 Å². The van der Waals surface area contributed by atoms with Gasteiger partial charge in [0.05, 0.1) is 27.6 Å². The molecule has 8 nitrogen and oxygen atoms in total. The van der Waals surface area contributed by atoms with Gasteiger partial charge in [-0.25, -0.2) is 8.42 Å². The lowest BCUT2D eigenvalue weighted by Gasteiger charge is -2.22. The molecular weight excluding hydrogens is 430 g/mol. The number of hydrogen-bond donors (Lipinski definition) is 1. The summed E-state index contributed by atoms with van der Waals surface area (Å²) in [7, 11) is -3.97. The molecule has 0 atom stereocenters. The molecule has 0 spiro atoms. The van der Waals surface area contributed by atoms with Crippen LogP contribution in [0.2, 0.25) is 0 Å². The Bertz CT molecular complexity index is 1230. The maximum absolute atomic E-state index is 13.3. The molecule has 0 radical (unpaired) electrons. The molecule has 3 aromatic rings. The van der Waals surface area contributed by atoms with E-state index < -0.39 is 27.4 Å². The van der Waals surface area contributed by atoms with Gasteiger partial charge in [-0.05, 0) is 37.6 Å². The quantitative estimate of drug-likeness (QED) is 0.409. The molecule has 1 N–H and O–H groups in total. The van der Waals surface area contributed by atoms with Gasteiger partial charge >= 0.3 is 0 Å². The van der Waals surface area contributed by atoms with Crippen molar-refractivity contribution >= 4 is 27.3 Å². The number of benzene rings is 3. The summed E-state index contributed by atoms with van der Waals surface area (Å²) in [6, 6.07) is 19.7. The average molecular weight is 454 g/mol. The minimum absolute atomic E-state index is 0.00160. The molecule has 9 heteroatoms. The highest BCUT2D eigenvalue weighted by molar-refractivity contribution is 7.89. The molecule has 0 aliphatic carbocycles. The Hall–Kier alpha value is -3.56. The van der Waals surface area contributed by atoms with Crippen LogP contribution in [-0.4, -0.2) is 30.1 Å². The van der Waals surface area contributed by atoms with Gasteiger partial charge in [0.2, 0.25) is 15.9 Å². The number of sulfonamides is 1. The third kappa shape index (κ3) is 5.37. The van der Waals surface area contributed by atoms with Crippen LogP contribution in [0.5, 0.6) is 0 Å². The topological polar surface area (TPSA) is 110 Å². The van der Waals surface area contributed by atoms with E-state index in [2.05, 4.69) is 5.32 Å². The van der Waals surface area contributed by atoms with Crippen LogP contribution in [0.25, 0.3) is 0 Å². The van der Waals surface area contributed by atoms with Crippen molar-refractivity contribution < 1.29 is 18.1 Å². The van der Waals surface area contributed by atoms with Crippen LogP contribution in [0.4, 0.5) is 11.4 Å². The van der Waals surface area contributed by atoms with Crippen molar-refractivity contribution in [2.45, 2.75) is 25.3 Å². The van der Waals surface area contributed by atoms with E-state index >= 15 is 0 Å². The number of nitrogens with one attached hydrogen (secondary N) is 1. The summed E-state index contributed by atoms with van der Waals surface area (Å²) in [5.41, 5.74) is 2.06. The highest BCUT2D eigenvalue weighted by Crippen LogP contribution is 2.25. The predicted molar refractivity (Wildman–Crippen MR) is 122 cm³/mol. The first-order valence-electron chi connectivity index (χ1n) is 9.83. The summed E-state index contributed by atoms with van der Waals surface area (Å²) >= 11 is 0. The molecule has 32 heavy (non-hydrogen) atoms. The Morgan fingerprint density at radius 3 is 2.25 bits per heavy atom. The fraction of sp³-hybridized carbons (Fsp3) is 0.174. The van der Waals surface area contributed by atoms with E-state index in [1.807, 2.05) is 13.0 Å². The first-order valence-corrected chi connectivity index (χ1v) is 11.3. The summed E-state index contributed by atoms with van der Waals surface area (Å²) in [6.45, 7) is 2.93. The Labute approximate surface area is 186 Å².